The van der Waals surface area contributed by atoms with Gasteiger partial charge in [0.15, 0.2) is 5.96 Å². The van der Waals surface area contributed by atoms with Crippen molar-refractivity contribution in [2.75, 3.05) is 66.0 Å². The van der Waals surface area contributed by atoms with Gasteiger partial charge in [-0.2, -0.15) is 0 Å². The third kappa shape index (κ3) is 9.26. The van der Waals surface area contributed by atoms with Crippen LogP contribution < -0.4 is 10.6 Å². The smallest absolute Gasteiger partial charge is 0.191 e. The number of aliphatic imine (C=N–C) groups is 1. The normalized spacial score (nSPS) is 17.8. The van der Waals surface area contributed by atoms with Gasteiger partial charge in [0.25, 0.3) is 0 Å². The average molecular weight is 380 g/mol. The summed E-state index contributed by atoms with van der Waals surface area (Å²) in [5.74, 6) is 2.32. The fraction of sp³-hybridized carbons (Fsp3) is 0.750. The van der Waals surface area contributed by atoms with Crippen molar-refractivity contribution in [3.8, 4) is 0 Å². The van der Waals surface area contributed by atoms with Gasteiger partial charge >= 0.3 is 0 Å². The molecule has 0 radical (unpaired) electrons. The van der Waals surface area contributed by atoms with E-state index in [0.29, 0.717) is 19.1 Å². The molecule has 0 amide bonds. The third-order valence-corrected chi connectivity index (χ3v) is 4.65. The standard InChI is InChI=1S/C20H37N5O2/c1-4-21-20(22-8-6-13-26-17-19-7-5-14-27-19)23-15-18(2)16-25-11-9-24(3)10-12-25/h5,7,14,18H,4,6,8-13,15-17H2,1-3H3,(H2,21,22,23). The largest absolute Gasteiger partial charge is 0.467 e. The van der Waals surface area contributed by atoms with Crippen LogP contribution in [0, 0.1) is 5.92 Å². The Hall–Kier alpha value is -1.57. The SMILES string of the molecule is CCNC(=NCC(C)CN1CCN(C)CC1)NCCCOCc1ccco1. The molecule has 1 fully saturated rings. The molecule has 1 aliphatic rings. The van der Waals surface area contributed by atoms with Gasteiger partial charge in [-0.25, -0.2) is 0 Å². The minimum Gasteiger partial charge on any atom is -0.467 e. The van der Waals surface area contributed by atoms with Crippen LogP contribution in [0.2, 0.25) is 0 Å². The fourth-order valence-electron chi connectivity index (χ4n) is 3.07. The van der Waals surface area contributed by atoms with Crippen molar-refractivity contribution < 1.29 is 9.15 Å². The van der Waals surface area contributed by atoms with E-state index in [0.717, 1.165) is 44.3 Å². The van der Waals surface area contributed by atoms with Gasteiger partial charge in [-0.3, -0.25) is 4.99 Å². The summed E-state index contributed by atoms with van der Waals surface area (Å²) in [5, 5.41) is 6.72. The summed E-state index contributed by atoms with van der Waals surface area (Å²) in [6, 6.07) is 3.81. The molecular weight excluding hydrogens is 342 g/mol. The number of piperazine rings is 1. The molecule has 2 N–H and O–H groups in total. The van der Waals surface area contributed by atoms with Gasteiger partial charge in [0.05, 0.1) is 6.26 Å². The van der Waals surface area contributed by atoms with E-state index < -0.39 is 0 Å². The zero-order valence-corrected chi connectivity index (χ0v) is 17.2. The molecule has 0 bridgehead atoms. The molecule has 7 heteroatoms. The molecular formula is C20H37N5O2. The van der Waals surface area contributed by atoms with Crippen LogP contribution in [-0.2, 0) is 11.3 Å². The van der Waals surface area contributed by atoms with Gasteiger partial charge in [-0.15, -0.1) is 0 Å². The van der Waals surface area contributed by atoms with Gasteiger partial charge in [0.1, 0.15) is 12.4 Å². The highest BCUT2D eigenvalue weighted by Gasteiger charge is 2.15. The Morgan fingerprint density at radius 3 is 2.81 bits per heavy atom. The number of ether oxygens (including phenoxy) is 1. The van der Waals surface area contributed by atoms with Crippen molar-refractivity contribution in [3.05, 3.63) is 24.2 Å². The van der Waals surface area contributed by atoms with Crippen molar-refractivity contribution in [1.29, 1.82) is 0 Å². The lowest BCUT2D eigenvalue weighted by Gasteiger charge is -2.33. The van der Waals surface area contributed by atoms with Crippen LogP contribution in [0.15, 0.2) is 27.8 Å². The predicted molar refractivity (Wildman–Crippen MR) is 110 cm³/mol. The molecule has 0 aliphatic carbocycles. The van der Waals surface area contributed by atoms with Crippen molar-refractivity contribution in [2.24, 2.45) is 10.9 Å². The van der Waals surface area contributed by atoms with E-state index in [-0.39, 0.29) is 0 Å². The van der Waals surface area contributed by atoms with Crippen LogP contribution in [-0.4, -0.2) is 81.8 Å². The quantitative estimate of drug-likeness (QED) is 0.346. The zero-order chi connectivity index (χ0) is 19.3. The molecule has 1 unspecified atom stereocenters. The fourth-order valence-corrected chi connectivity index (χ4v) is 3.07. The molecule has 7 nitrogen and oxygen atoms in total. The second kappa shape index (κ2) is 12.8. The molecule has 1 aliphatic heterocycles. The maximum absolute atomic E-state index is 5.61. The van der Waals surface area contributed by atoms with E-state index >= 15 is 0 Å². The van der Waals surface area contributed by atoms with Crippen molar-refractivity contribution >= 4 is 5.96 Å². The lowest BCUT2D eigenvalue weighted by Crippen LogP contribution is -2.46. The summed E-state index contributed by atoms with van der Waals surface area (Å²) in [6.07, 6.45) is 2.60. The summed E-state index contributed by atoms with van der Waals surface area (Å²) < 4.78 is 10.9. The predicted octanol–water partition coefficient (Wildman–Crippen LogP) is 1.62. The summed E-state index contributed by atoms with van der Waals surface area (Å²) >= 11 is 0. The Balaban J connectivity index is 1.59. The minimum absolute atomic E-state index is 0.533. The highest BCUT2D eigenvalue weighted by Crippen LogP contribution is 2.05. The Kier molecular flexibility index (Phi) is 10.3. The van der Waals surface area contributed by atoms with Gasteiger partial charge in [0.2, 0.25) is 0 Å². The number of hydrogen-bond donors (Lipinski definition) is 2. The zero-order valence-electron chi connectivity index (χ0n) is 17.2. The number of furan rings is 1. The number of guanidine groups is 1. The van der Waals surface area contributed by atoms with Crippen LogP contribution >= 0.6 is 0 Å². The van der Waals surface area contributed by atoms with E-state index in [1.54, 1.807) is 6.26 Å². The Morgan fingerprint density at radius 1 is 1.30 bits per heavy atom. The molecule has 154 valence electrons. The van der Waals surface area contributed by atoms with Crippen LogP contribution in [0.25, 0.3) is 0 Å². The first-order valence-electron chi connectivity index (χ1n) is 10.2. The Bertz CT molecular complexity index is 512. The molecule has 1 aromatic heterocycles. The molecule has 1 atom stereocenters. The molecule has 0 spiro atoms. The van der Waals surface area contributed by atoms with E-state index in [2.05, 4.69) is 41.3 Å². The summed E-state index contributed by atoms with van der Waals surface area (Å²) in [5.41, 5.74) is 0. The van der Waals surface area contributed by atoms with Gasteiger partial charge in [-0.05, 0) is 38.4 Å². The monoisotopic (exact) mass is 379 g/mol. The van der Waals surface area contributed by atoms with Crippen LogP contribution in [0.3, 0.4) is 0 Å². The maximum Gasteiger partial charge on any atom is 0.191 e. The van der Waals surface area contributed by atoms with E-state index in [9.17, 15) is 0 Å². The van der Waals surface area contributed by atoms with Crippen molar-refractivity contribution in [2.45, 2.75) is 26.9 Å². The second-order valence-electron chi connectivity index (χ2n) is 7.34. The van der Waals surface area contributed by atoms with Crippen LogP contribution in [0.1, 0.15) is 26.0 Å². The number of likely N-dealkylation sites (N-methyl/N-ethyl adjacent to an activating group) is 1. The summed E-state index contributed by atoms with van der Waals surface area (Å²) in [4.78, 5) is 9.70. The van der Waals surface area contributed by atoms with Gasteiger partial charge < -0.3 is 29.6 Å². The lowest BCUT2D eigenvalue weighted by atomic mass is 10.1. The number of nitrogens with one attached hydrogen (secondary N) is 2. The maximum atomic E-state index is 5.61. The summed E-state index contributed by atoms with van der Waals surface area (Å²) in [7, 11) is 2.20. The van der Waals surface area contributed by atoms with Crippen molar-refractivity contribution in [3.63, 3.8) is 0 Å². The van der Waals surface area contributed by atoms with E-state index in [1.807, 2.05) is 12.1 Å². The number of nitrogens with zero attached hydrogens (tertiary/aromatic N) is 3. The minimum atomic E-state index is 0.533. The topological polar surface area (TPSA) is 65.3 Å². The second-order valence-corrected chi connectivity index (χ2v) is 7.34. The van der Waals surface area contributed by atoms with Gasteiger partial charge in [0, 0.05) is 59.0 Å². The molecule has 2 heterocycles. The highest BCUT2D eigenvalue weighted by molar-refractivity contribution is 5.79. The molecule has 0 aromatic carbocycles. The van der Waals surface area contributed by atoms with Gasteiger partial charge in [-0.1, -0.05) is 6.92 Å². The van der Waals surface area contributed by atoms with Crippen molar-refractivity contribution in [1.82, 2.24) is 20.4 Å². The lowest BCUT2D eigenvalue weighted by molar-refractivity contribution is 0.105. The first-order chi connectivity index (χ1) is 13.2. The molecule has 1 aromatic rings. The first-order valence-corrected chi connectivity index (χ1v) is 10.2. The van der Waals surface area contributed by atoms with E-state index in [4.69, 9.17) is 14.1 Å². The molecule has 2 rings (SSSR count). The molecule has 27 heavy (non-hydrogen) atoms. The van der Waals surface area contributed by atoms with Crippen LogP contribution in [0.5, 0.6) is 0 Å². The van der Waals surface area contributed by atoms with E-state index in [1.165, 1.54) is 26.2 Å². The third-order valence-electron chi connectivity index (χ3n) is 4.65. The summed E-state index contributed by atoms with van der Waals surface area (Å²) in [6.45, 7) is 14.0. The number of hydrogen-bond acceptors (Lipinski definition) is 5. The Morgan fingerprint density at radius 2 is 2.11 bits per heavy atom. The first kappa shape index (κ1) is 21.7. The highest BCUT2D eigenvalue weighted by atomic mass is 16.5. The molecule has 1 saturated heterocycles. The van der Waals surface area contributed by atoms with Crippen LogP contribution in [0.4, 0.5) is 0 Å². The molecule has 0 saturated carbocycles. The Labute approximate surface area is 164 Å². The average Bonchev–Trinajstić information content (AvgIpc) is 3.18. The number of rotatable bonds is 11.